The van der Waals surface area contributed by atoms with Gasteiger partial charge in [-0.3, -0.25) is 4.79 Å². The van der Waals surface area contributed by atoms with Crippen LogP contribution < -0.4 is 4.89 Å². The van der Waals surface area contributed by atoms with Gasteiger partial charge in [-0.15, -0.1) is 0 Å². The van der Waals surface area contributed by atoms with Gasteiger partial charge in [-0.2, -0.15) is 0 Å². The minimum Gasteiger partial charge on any atom is -0.591 e. The Balaban J connectivity index is 2.67. The highest BCUT2D eigenvalue weighted by Crippen LogP contribution is 2.38. The van der Waals surface area contributed by atoms with Gasteiger partial charge in [-0.1, -0.05) is 28.8 Å². The summed E-state index contributed by atoms with van der Waals surface area (Å²) in [5.74, 6) is -0.584. The Hall–Kier alpha value is -1.51. The summed E-state index contributed by atoms with van der Waals surface area (Å²) in [4.78, 5) is 22.3. The highest BCUT2D eigenvalue weighted by atomic mass is 31.1. The summed E-state index contributed by atoms with van der Waals surface area (Å²) in [7, 11) is -2.90. The number of benzene rings is 1. The minimum absolute atomic E-state index is 0.200. The predicted molar refractivity (Wildman–Crippen MR) is 52.5 cm³/mol. The quantitative estimate of drug-likeness (QED) is 0.732. The molecule has 0 spiro atoms. The lowest BCUT2D eigenvalue weighted by Crippen LogP contribution is -2.12. The molecule has 1 aromatic carbocycles. The van der Waals surface area contributed by atoms with Gasteiger partial charge in [0.05, 0.1) is 6.42 Å². The maximum Gasteiger partial charge on any atom is 0.348 e. The van der Waals surface area contributed by atoms with E-state index in [9.17, 15) is 19.4 Å². The van der Waals surface area contributed by atoms with E-state index in [4.69, 9.17) is 0 Å². The van der Waals surface area contributed by atoms with Crippen LogP contribution in [0.5, 0.6) is 0 Å². The number of carbonyl (C=O) groups is 1. The topological polar surface area (TPSA) is 77.4 Å². The van der Waals surface area contributed by atoms with Gasteiger partial charge in [-0.25, -0.2) is 0 Å². The standard InChI is InChI=1S/C10H7O4P/c11-8-5-9(15(13)14)10(12)7-4-2-1-3-6(7)8/h1-4,12H,5H2. The number of hydrogen-bond donors (Lipinski definition) is 1. The fourth-order valence-electron chi connectivity index (χ4n) is 1.57. The van der Waals surface area contributed by atoms with Crippen molar-refractivity contribution in [1.82, 2.24) is 0 Å². The third kappa shape index (κ3) is 1.58. The second-order valence-corrected chi connectivity index (χ2v) is 4.25. The normalized spacial score (nSPS) is 16.3. The fourth-order valence-corrected chi connectivity index (χ4v) is 2.14. The molecule has 2 rings (SSSR count). The van der Waals surface area contributed by atoms with Crippen LogP contribution in [0, 0.1) is 0 Å². The molecule has 15 heavy (non-hydrogen) atoms. The second kappa shape index (κ2) is 3.57. The van der Waals surface area contributed by atoms with Crippen molar-refractivity contribution in [2.75, 3.05) is 0 Å². The van der Waals surface area contributed by atoms with Crippen molar-refractivity contribution in [2.45, 2.75) is 6.42 Å². The Morgan fingerprint density at radius 3 is 2.47 bits per heavy atom. The first-order chi connectivity index (χ1) is 7.11. The van der Waals surface area contributed by atoms with Gasteiger partial charge in [0, 0.05) is 11.1 Å². The number of fused-ring (bicyclic) bond motifs is 1. The monoisotopic (exact) mass is 222 g/mol. The molecule has 1 N–H and O–H groups in total. The van der Waals surface area contributed by atoms with E-state index < -0.39 is 8.03 Å². The van der Waals surface area contributed by atoms with E-state index in [-0.39, 0.29) is 23.3 Å². The summed E-state index contributed by atoms with van der Waals surface area (Å²) < 4.78 is 10.8. The molecule has 0 fully saturated rings. The molecule has 1 atom stereocenters. The molecule has 0 heterocycles. The molecule has 5 heteroatoms. The van der Waals surface area contributed by atoms with E-state index in [0.29, 0.717) is 11.1 Å². The Labute approximate surface area is 86.7 Å². The van der Waals surface area contributed by atoms with Crippen LogP contribution in [0.15, 0.2) is 29.6 Å². The van der Waals surface area contributed by atoms with Crippen LogP contribution >= 0.6 is 8.03 Å². The molecule has 1 aliphatic carbocycles. The average molecular weight is 222 g/mol. The number of aliphatic hydroxyl groups is 1. The van der Waals surface area contributed by atoms with E-state index in [1.54, 1.807) is 18.2 Å². The molecule has 1 aromatic rings. The Bertz CT molecular complexity index is 490. The molecule has 0 saturated carbocycles. The summed E-state index contributed by atoms with van der Waals surface area (Å²) in [5.41, 5.74) is 0.665. The van der Waals surface area contributed by atoms with Gasteiger partial charge >= 0.3 is 8.03 Å². The number of Topliss-reactive ketones (excluding diaryl/α,β-unsaturated/α-hetero) is 1. The van der Waals surface area contributed by atoms with Crippen LogP contribution in [0.4, 0.5) is 0 Å². The van der Waals surface area contributed by atoms with E-state index in [0.717, 1.165) is 0 Å². The molecule has 0 bridgehead atoms. The zero-order valence-electron chi connectivity index (χ0n) is 7.64. The van der Waals surface area contributed by atoms with Gasteiger partial charge in [-0.05, 0) is 0 Å². The summed E-state index contributed by atoms with van der Waals surface area (Å²) in [6.45, 7) is 0. The van der Waals surface area contributed by atoms with Crippen molar-refractivity contribution in [2.24, 2.45) is 0 Å². The van der Waals surface area contributed by atoms with E-state index in [1.165, 1.54) is 6.07 Å². The summed E-state index contributed by atoms with van der Waals surface area (Å²) in [5, 5.41) is 9.45. The molecule has 1 aliphatic rings. The van der Waals surface area contributed by atoms with Crippen molar-refractivity contribution in [3.63, 3.8) is 0 Å². The molecule has 0 saturated heterocycles. The highest BCUT2D eigenvalue weighted by molar-refractivity contribution is 7.42. The van der Waals surface area contributed by atoms with Gasteiger partial charge in [0.25, 0.3) is 0 Å². The lowest BCUT2D eigenvalue weighted by Gasteiger charge is -2.13. The summed E-state index contributed by atoms with van der Waals surface area (Å²) in [6, 6.07) is 6.42. The molecule has 4 nitrogen and oxygen atoms in total. The number of allylic oxidation sites excluding steroid dienone is 1. The minimum atomic E-state index is -2.90. The summed E-state index contributed by atoms with van der Waals surface area (Å²) in [6.07, 6.45) is -0.248. The zero-order chi connectivity index (χ0) is 11.0. The second-order valence-electron chi connectivity index (χ2n) is 3.20. The van der Waals surface area contributed by atoms with Gasteiger partial charge in [0.15, 0.2) is 11.5 Å². The summed E-state index contributed by atoms with van der Waals surface area (Å²) >= 11 is 0. The molecule has 76 valence electrons. The smallest absolute Gasteiger partial charge is 0.348 e. The third-order valence-corrected chi connectivity index (χ3v) is 3.12. The molecule has 0 aromatic heterocycles. The van der Waals surface area contributed by atoms with Crippen LogP contribution in [0.25, 0.3) is 5.76 Å². The number of carbonyl (C=O) groups excluding carboxylic acids is 1. The van der Waals surface area contributed by atoms with E-state index in [2.05, 4.69) is 0 Å². The fraction of sp³-hybridized carbons (Fsp3) is 0.100. The molecule has 1 unspecified atom stereocenters. The Morgan fingerprint density at radius 2 is 1.87 bits per heavy atom. The van der Waals surface area contributed by atoms with Crippen molar-refractivity contribution < 1.29 is 19.4 Å². The van der Waals surface area contributed by atoms with E-state index >= 15 is 0 Å². The first-order valence-corrected chi connectivity index (χ1v) is 5.48. The Morgan fingerprint density at radius 1 is 1.27 bits per heavy atom. The lowest BCUT2D eigenvalue weighted by molar-refractivity contribution is -0.162. The van der Waals surface area contributed by atoms with Crippen molar-refractivity contribution >= 4 is 19.6 Å². The zero-order valence-corrected chi connectivity index (χ0v) is 8.53. The van der Waals surface area contributed by atoms with E-state index in [1.807, 2.05) is 0 Å². The Kier molecular flexibility index (Phi) is 2.39. The average Bonchev–Trinajstić information content (AvgIpc) is 2.23. The van der Waals surface area contributed by atoms with Crippen LogP contribution in [0.1, 0.15) is 22.3 Å². The molecular weight excluding hydrogens is 215 g/mol. The molecule has 0 aliphatic heterocycles. The maximum absolute atomic E-state index is 11.5. The molecule has 0 amide bonds. The van der Waals surface area contributed by atoms with Crippen LogP contribution in [-0.4, -0.2) is 10.9 Å². The SMILES string of the molecule is O=C1CC([P+](=O)[O-])=C(O)c2ccccc21. The first-order valence-electron chi connectivity index (χ1n) is 4.30. The maximum atomic E-state index is 11.5. The van der Waals surface area contributed by atoms with Gasteiger partial charge in [0.2, 0.25) is 5.31 Å². The first kappa shape index (κ1) is 10.0. The predicted octanol–water partition coefficient (Wildman–Crippen LogP) is 1.60. The van der Waals surface area contributed by atoms with Crippen LogP contribution in [0.3, 0.4) is 0 Å². The van der Waals surface area contributed by atoms with Crippen molar-refractivity contribution in [3.8, 4) is 0 Å². The lowest BCUT2D eigenvalue weighted by atomic mass is 9.95. The third-order valence-electron chi connectivity index (χ3n) is 2.30. The van der Waals surface area contributed by atoms with Crippen molar-refractivity contribution in [3.05, 3.63) is 40.7 Å². The van der Waals surface area contributed by atoms with Gasteiger partial charge in [0.1, 0.15) is 0 Å². The number of aliphatic hydroxyl groups excluding tert-OH is 1. The van der Waals surface area contributed by atoms with Crippen LogP contribution in [0.2, 0.25) is 0 Å². The highest BCUT2D eigenvalue weighted by Gasteiger charge is 2.31. The van der Waals surface area contributed by atoms with Crippen LogP contribution in [-0.2, 0) is 4.57 Å². The number of rotatable bonds is 1. The molecule has 0 radical (unpaired) electrons. The number of hydrogen-bond acceptors (Lipinski definition) is 4. The molecular formula is C10H7O4P. The number of ketones is 1. The van der Waals surface area contributed by atoms with Gasteiger partial charge < -0.3 is 10.00 Å². The largest absolute Gasteiger partial charge is 0.591 e. The van der Waals surface area contributed by atoms with Crippen molar-refractivity contribution in [1.29, 1.82) is 0 Å².